The van der Waals surface area contributed by atoms with Crippen molar-refractivity contribution in [2.45, 2.75) is 67.2 Å². The standard InChI is InChI=1S/C28H35N3O5/c1-16-8-9-22(12-17(16)2)26-30-23(20(5)35-26)14-31(15-24(29)32)13-21-10-18(3)25(19(4)11-21)36-28(6,7)27(33)34/h8-12H,13-15H2,1-7H3,(H2,29,32)(H,33,34). The van der Waals surface area contributed by atoms with E-state index in [0.29, 0.717) is 30.5 Å². The predicted molar refractivity (Wildman–Crippen MR) is 138 cm³/mol. The second-order valence-corrected chi connectivity index (χ2v) is 9.91. The molecule has 0 atom stereocenters. The Hall–Kier alpha value is -3.65. The third-order valence-corrected chi connectivity index (χ3v) is 6.20. The molecule has 2 aromatic carbocycles. The van der Waals surface area contributed by atoms with Crippen molar-refractivity contribution >= 4 is 11.9 Å². The van der Waals surface area contributed by atoms with E-state index in [0.717, 1.165) is 33.5 Å². The number of carbonyl (C=O) groups is 2. The second-order valence-electron chi connectivity index (χ2n) is 9.91. The van der Waals surface area contributed by atoms with Crippen LogP contribution in [-0.4, -0.2) is 39.0 Å². The Balaban J connectivity index is 1.84. The lowest BCUT2D eigenvalue weighted by atomic mass is 10.0. The molecule has 0 aliphatic rings. The van der Waals surface area contributed by atoms with Crippen LogP contribution in [0.1, 0.15) is 53.1 Å². The maximum absolute atomic E-state index is 11.8. The molecule has 0 unspecified atom stereocenters. The first-order valence-corrected chi connectivity index (χ1v) is 11.8. The van der Waals surface area contributed by atoms with Gasteiger partial charge in [0.15, 0.2) is 5.60 Å². The van der Waals surface area contributed by atoms with E-state index in [2.05, 4.69) is 6.92 Å². The van der Waals surface area contributed by atoms with Gasteiger partial charge in [0, 0.05) is 18.7 Å². The highest BCUT2D eigenvalue weighted by Crippen LogP contribution is 2.30. The largest absolute Gasteiger partial charge is 0.478 e. The first-order valence-electron chi connectivity index (χ1n) is 11.8. The van der Waals surface area contributed by atoms with E-state index in [-0.39, 0.29) is 6.54 Å². The molecule has 8 nitrogen and oxygen atoms in total. The third-order valence-electron chi connectivity index (χ3n) is 6.20. The van der Waals surface area contributed by atoms with Crippen LogP contribution >= 0.6 is 0 Å². The lowest BCUT2D eigenvalue weighted by molar-refractivity contribution is -0.152. The maximum Gasteiger partial charge on any atom is 0.347 e. The number of carbonyl (C=O) groups excluding carboxylic acids is 1. The maximum atomic E-state index is 11.8. The fraction of sp³-hybridized carbons (Fsp3) is 0.393. The normalized spacial score (nSPS) is 11.7. The molecule has 0 fully saturated rings. The number of rotatable bonds is 10. The van der Waals surface area contributed by atoms with E-state index in [1.54, 1.807) is 0 Å². The van der Waals surface area contributed by atoms with Gasteiger partial charge in [0.2, 0.25) is 11.8 Å². The smallest absolute Gasteiger partial charge is 0.347 e. The Morgan fingerprint density at radius 2 is 1.64 bits per heavy atom. The molecule has 0 spiro atoms. The number of nitrogens with two attached hydrogens (primary N) is 1. The number of hydrogen-bond acceptors (Lipinski definition) is 6. The number of aromatic nitrogens is 1. The van der Waals surface area contributed by atoms with Crippen LogP contribution in [0.25, 0.3) is 11.5 Å². The summed E-state index contributed by atoms with van der Waals surface area (Å²) in [6.07, 6.45) is 0. The Morgan fingerprint density at radius 1 is 1.00 bits per heavy atom. The summed E-state index contributed by atoms with van der Waals surface area (Å²) in [4.78, 5) is 30.0. The minimum absolute atomic E-state index is 0.0493. The lowest BCUT2D eigenvalue weighted by Crippen LogP contribution is -2.38. The van der Waals surface area contributed by atoms with Crippen molar-refractivity contribution in [3.8, 4) is 17.2 Å². The number of aliphatic carboxylic acids is 1. The van der Waals surface area contributed by atoms with Crippen molar-refractivity contribution in [3.63, 3.8) is 0 Å². The number of oxazole rings is 1. The molecule has 0 saturated carbocycles. The molecule has 0 saturated heterocycles. The average molecular weight is 494 g/mol. The Labute approximate surface area is 212 Å². The van der Waals surface area contributed by atoms with Crippen molar-refractivity contribution < 1.29 is 23.8 Å². The van der Waals surface area contributed by atoms with Crippen LogP contribution in [0, 0.1) is 34.6 Å². The molecule has 3 aromatic rings. The summed E-state index contributed by atoms with van der Waals surface area (Å²) in [5.74, 6) is 0.282. The van der Waals surface area contributed by atoms with Crippen LogP contribution in [0.4, 0.5) is 0 Å². The highest BCUT2D eigenvalue weighted by Gasteiger charge is 2.30. The van der Waals surface area contributed by atoms with Gasteiger partial charge >= 0.3 is 5.97 Å². The third kappa shape index (κ3) is 6.31. The van der Waals surface area contributed by atoms with Gasteiger partial charge in [0.1, 0.15) is 11.5 Å². The fourth-order valence-corrected chi connectivity index (χ4v) is 4.02. The van der Waals surface area contributed by atoms with Gasteiger partial charge in [0.05, 0.1) is 12.2 Å². The van der Waals surface area contributed by atoms with Crippen molar-refractivity contribution in [2.75, 3.05) is 6.54 Å². The van der Waals surface area contributed by atoms with Gasteiger partial charge < -0.3 is 20.0 Å². The summed E-state index contributed by atoms with van der Waals surface area (Å²) >= 11 is 0. The van der Waals surface area contributed by atoms with Crippen LogP contribution in [0.5, 0.6) is 5.75 Å². The van der Waals surface area contributed by atoms with Crippen LogP contribution < -0.4 is 10.5 Å². The number of amides is 1. The van der Waals surface area contributed by atoms with Gasteiger partial charge in [-0.3, -0.25) is 9.69 Å². The molecule has 1 heterocycles. The molecule has 0 aliphatic heterocycles. The molecule has 1 aromatic heterocycles. The molecule has 36 heavy (non-hydrogen) atoms. The van der Waals surface area contributed by atoms with Crippen molar-refractivity contribution in [1.29, 1.82) is 0 Å². The second kappa shape index (κ2) is 10.5. The summed E-state index contributed by atoms with van der Waals surface area (Å²) in [5, 5.41) is 9.42. The first-order chi connectivity index (χ1) is 16.8. The van der Waals surface area contributed by atoms with E-state index in [4.69, 9.17) is 19.9 Å². The molecule has 3 rings (SSSR count). The molecule has 0 bridgehead atoms. The summed E-state index contributed by atoms with van der Waals surface area (Å²) in [7, 11) is 0. The molecule has 3 N–H and O–H groups in total. The number of primary amides is 1. The number of carboxylic acid groups (broad SMARTS) is 1. The number of hydrogen-bond donors (Lipinski definition) is 2. The van der Waals surface area contributed by atoms with Crippen molar-refractivity contribution in [1.82, 2.24) is 9.88 Å². The molecule has 8 heteroatoms. The molecule has 0 radical (unpaired) electrons. The zero-order valence-corrected chi connectivity index (χ0v) is 22.1. The first kappa shape index (κ1) is 26.9. The van der Waals surface area contributed by atoms with Crippen molar-refractivity contribution in [3.05, 3.63) is 69.6 Å². The topological polar surface area (TPSA) is 119 Å². The number of carboxylic acids is 1. The van der Waals surface area contributed by atoms with Crippen LogP contribution in [-0.2, 0) is 22.7 Å². The zero-order valence-electron chi connectivity index (χ0n) is 22.1. The number of ether oxygens (including phenoxy) is 1. The van der Waals surface area contributed by atoms with Gasteiger partial charge in [0.25, 0.3) is 0 Å². The number of aryl methyl sites for hydroxylation is 5. The molecular formula is C28H35N3O5. The van der Waals surface area contributed by atoms with E-state index in [1.807, 2.05) is 62.9 Å². The summed E-state index contributed by atoms with van der Waals surface area (Å²) in [5.41, 5.74) is 10.8. The lowest BCUT2D eigenvalue weighted by Gasteiger charge is -2.25. The van der Waals surface area contributed by atoms with Gasteiger partial charge in [-0.2, -0.15) is 0 Å². The van der Waals surface area contributed by atoms with Gasteiger partial charge in [-0.1, -0.05) is 18.2 Å². The van der Waals surface area contributed by atoms with Crippen LogP contribution in [0.3, 0.4) is 0 Å². The van der Waals surface area contributed by atoms with Crippen molar-refractivity contribution in [2.24, 2.45) is 5.73 Å². The van der Waals surface area contributed by atoms with E-state index < -0.39 is 17.5 Å². The van der Waals surface area contributed by atoms with E-state index in [1.165, 1.54) is 19.4 Å². The quantitative estimate of drug-likeness (QED) is 0.423. The van der Waals surface area contributed by atoms with E-state index in [9.17, 15) is 14.7 Å². The summed E-state index contributed by atoms with van der Waals surface area (Å²) in [6, 6.07) is 9.94. The monoisotopic (exact) mass is 493 g/mol. The van der Waals surface area contributed by atoms with Gasteiger partial charge in [-0.15, -0.1) is 0 Å². The predicted octanol–water partition coefficient (Wildman–Crippen LogP) is 4.61. The minimum Gasteiger partial charge on any atom is -0.478 e. The SMILES string of the molecule is Cc1ccc(-c2nc(CN(CC(N)=O)Cc3cc(C)c(OC(C)(C)C(=O)O)c(C)c3)c(C)o2)cc1C. The van der Waals surface area contributed by atoms with Gasteiger partial charge in [-0.05, 0) is 88.4 Å². The fourth-order valence-electron chi connectivity index (χ4n) is 4.02. The molecule has 1 amide bonds. The number of benzene rings is 2. The summed E-state index contributed by atoms with van der Waals surface area (Å²) in [6.45, 7) is 13.6. The Bertz CT molecular complexity index is 1270. The molecule has 192 valence electrons. The van der Waals surface area contributed by atoms with Gasteiger partial charge in [-0.25, -0.2) is 9.78 Å². The molecular weight excluding hydrogens is 458 g/mol. The Morgan fingerprint density at radius 3 is 2.19 bits per heavy atom. The molecule has 0 aliphatic carbocycles. The zero-order chi connectivity index (χ0) is 26.8. The highest BCUT2D eigenvalue weighted by molar-refractivity contribution is 5.77. The Kier molecular flexibility index (Phi) is 7.89. The minimum atomic E-state index is -1.35. The highest BCUT2D eigenvalue weighted by atomic mass is 16.5. The number of nitrogens with zero attached hydrogens (tertiary/aromatic N) is 2. The van der Waals surface area contributed by atoms with E-state index >= 15 is 0 Å². The summed E-state index contributed by atoms with van der Waals surface area (Å²) < 4.78 is 11.8. The average Bonchev–Trinajstić information content (AvgIpc) is 3.12. The van der Waals surface area contributed by atoms with Crippen LogP contribution in [0.15, 0.2) is 34.7 Å². The van der Waals surface area contributed by atoms with Crippen LogP contribution in [0.2, 0.25) is 0 Å².